The van der Waals surface area contributed by atoms with Gasteiger partial charge >= 0.3 is 0 Å². The molecule has 1 N–H and O–H groups in total. The number of amides is 1. The summed E-state index contributed by atoms with van der Waals surface area (Å²) in [5.41, 5.74) is -1.03. The van der Waals surface area contributed by atoms with Crippen LogP contribution in [0.2, 0.25) is 0 Å². The van der Waals surface area contributed by atoms with Crippen LogP contribution in [0.5, 0.6) is 0 Å². The highest BCUT2D eigenvalue weighted by molar-refractivity contribution is 6.06. The Hall–Kier alpha value is -3.36. The highest BCUT2D eigenvalue weighted by Crippen LogP contribution is 2.28. The van der Waals surface area contributed by atoms with Gasteiger partial charge in [0, 0.05) is 17.3 Å². The third-order valence-corrected chi connectivity index (χ3v) is 3.12. The number of non-ortho nitro benzene ring substituents is 1. The summed E-state index contributed by atoms with van der Waals surface area (Å²) >= 11 is 0. The largest absolute Gasteiger partial charge is 0.322 e. The van der Waals surface area contributed by atoms with Gasteiger partial charge in [0.15, 0.2) is 0 Å². The molecule has 0 aliphatic heterocycles. The van der Waals surface area contributed by atoms with Gasteiger partial charge in [-0.25, -0.2) is 4.39 Å². The topological polar surface area (TPSA) is 115 Å². The fourth-order valence-corrected chi connectivity index (χ4v) is 1.95. The molecule has 2 aromatic rings. The average molecular weight is 319 g/mol. The van der Waals surface area contributed by atoms with E-state index in [0.717, 1.165) is 24.3 Å². The molecule has 0 saturated carbocycles. The van der Waals surface area contributed by atoms with Crippen LogP contribution in [0.1, 0.15) is 15.9 Å². The van der Waals surface area contributed by atoms with E-state index in [1.807, 2.05) is 0 Å². The van der Waals surface area contributed by atoms with Gasteiger partial charge in [0.1, 0.15) is 5.82 Å². The summed E-state index contributed by atoms with van der Waals surface area (Å²) in [5.74, 6) is -1.26. The fraction of sp³-hybridized carbons (Fsp3) is 0.0714. The van der Waals surface area contributed by atoms with Crippen LogP contribution in [-0.4, -0.2) is 15.8 Å². The molecule has 0 aliphatic carbocycles. The maximum atomic E-state index is 12.8. The summed E-state index contributed by atoms with van der Waals surface area (Å²) in [6.07, 6.45) is 0. The highest BCUT2D eigenvalue weighted by atomic mass is 19.1. The van der Waals surface area contributed by atoms with E-state index in [2.05, 4.69) is 5.32 Å². The Kier molecular flexibility index (Phi) is 4.30. The minimum absolute atomic E-state index is 0.000196. The molecular weight excluding hydrogens is 309 g/mol. The van der Waals surface area contributed by atoms with Gasteiger partial charge < -0.3 is 5.32 Å². The number of rotatable bonds is 4. The van der Waals surface area contributed by atoms with Crippen LogP contribution in [0.15, 0.2) is 36.4 Å². The number of nitrogens with zero attached hydrogens (tertiary/aromatic N) is 2. The van der Waals surface area contributed by atoms with Gasteiger partial charge in [-0.2, -0.15) is 0 Å². The van der Waals surface area contributed by atoms with Crippen LogP contribution in [0.25, 0.3) is 0 Å². The normalized spacial score (nSPS) is 10.2. The Morgan fingerprint density at radius 3 is 2.22 bits per heavy atom. The molecule has 9 heteroatoms. The molecule has 1 amide bonds. The first kappa shape index (κ1) is 16.0. The minimum atomic E-state index is -0.818. The zero-order valence-electron chi connectivity index (χ0n) is 11.8. The van der Waals surface area contributed by atoms with Crippen molar-refractivity contribution in [3.8, 4) is 0 Å². The molecular formula is C14H10FN3O5. The number of benzene rings is 2. The summed E-state index contributed by atoms with van der Waals surface area (Å²) in [7, 11) is 0. The average Bonchev–Trinajstić information content (AvgIpc) is 2.49. The summed E-state index contributed by atoms with van der Waals surface area (Å²) in [5, 5.41) is 24.3. The first-order valence-electron chi connectivity index (χ1n) is 6.30. The van der Waals surface area contributed by atoms with Gasteiger partial charge in [-0.1, -0.05) is 0 Å². The number of nitro groups is 2. The molecule has 0 aromatic heterocycles. The molecule has 0 bridgehead atoms. The second-order valence-corrected chi connectivity index (χ2v) is 4.61. The third kappa shape index (κ3) is 3.46. The van der Waals surface area contributed by atoms with Gasteiger partial charge in [0.25, 0.3) is 17.3 Å². The van der Waals surface area contributed by atoms with Crippen molar-refractivity contribution in [1.82, 2.24) is 0 Å². The molecule has 0 unspecified atom stereocenters. The zero-order valence-corrected chi connectivity index (χ0v) is 11.8. The van der Waals surface area contributed by atoms with Crippen LogP contribution in [0, 0.1) is 33.0 Å². The van der Waals surface area contributed by atoms with E-state index >= 15 is 0 Å². The number of nitro benzene ring substituents is 2. The van der Waals surface area contributed by atoms with Crippen molar-refractivity contribution in [3.63, 3.8) is 0 Å². The van der Waals surface area contributed by atoms with Gasteiger partial charge in [-0.05, 0) is 31.2 Å². The van der Waals surface area contributed by atoms with E-state index < -0.39 is 32.9 Å². The monoisotopic (exact) mass is 319 g/mol. The van der Waals surface area contributed by atoms with Crippen molar-refractivity contribution in [2.45, 2.75) is 6.92 Å². The molecule has 0 heterocycles. The number of hydrogen-bond acceptors (Lipinski definition) is 5. The first-order chi connectivity index (χ1) is 10.8. The van der Waals surface area contributed by atoms with E-state index in [1.54, 1.807) is 0 Å². The van der Waals surface area contributed by atoms with Gasteiger partial charge in [0.05, 0.1) is 21.5 Å². The molecule has 0 atom stereocenters. The standard InChI is InChI=1S/C14H10FN3O5/c1-8-12(6-11(17(20)21)7-13(8)18(22)23)14(19)16-10-4-2-9(15)3-5-10/h2-7H,1H3,(H,16,19). The van der Waals surface area contributed by atoms with Crippen molar-refractivity contribution in [3.05, 3.63) is 73.6 Å². The van der Waals surface area contributed by atoms with E-state index in [1.165, 1.54) is 19.1 Å². The molecule has 0 fully saturated rings. The lowest BCUT2D eigenvalue weighted by Gasteiger charge is -2.08. The van der Waals surface area contributed by atoms with Crippen LogP contribution in [0.3, 0.4) is 0 Å². The lowest BCUT2D eigenvalue weighted by molar-refractivity contribution is -0.394. The Morgan fingerprint density at radius 2 is 1.70 bits per heavy atom. The number of hydrogen-bond donors (Lipinski definition) is 1. The summed E-state index contributed by atoms with van der Waals surface area (Å²) in [6, 6.07) is 6.60. The second kappa shape index (κ2) is 6.18. The number of carbonyl (C=O) groups is 1. The molecule has 8 nitrogen and oxygen atoms in total. The SMILES string of the molecule is Cc1c(C(=O)Nc2ccc(F)cc2)cc([N+](=O)[O-])cc1[N+](=O)[O-]. The highest BCUT2D eigenvalue weighted by Gasteiger charge is 2.24. The number of carbonyl (C=O) groups excluding carboxylic acids is 1. The van der Waals surface area contributed by atoms with E-state index in [-0.39, 0.29) is 16.8 Å². The van der Waals surface area contributed by atoms with Crippen LogP contribution < -0.4 is 5.32 Å². The Balaban J connectivity index is 2.44. The van der Waals surface area contributed by atoms with Crippen LogP contribution >= 0.6 is 0 Å². The molecule has 2 aromatic carbocycles. The number of anilines is 1. The molecule has 23 heavy (non-hydrogen) atoms. The Morgan fingerprint density at radius 1 is 1.09 bits per heavy atom. The van der Waals surface area contributed by atoms with Crippen molar-refractivity contribution >= 4 is 23.0 Å². The zero-order chi connectivity index (χ0) is 17.1. The summed E-state index contributed by atoms with van der Waals surface area (Å²) < 4.78 is 12.8. The van der Waals surface area contributed by atoms with Crippen LogP contribution in [-0.2, 0) is 0 Å². The predicted molar refractivity (Wildman–Crippen MR) is 78.8 cm³/mol. The van der Waals surface area contributed by atoms with E-state index in [9.17, 15) is 29.4 Å². The lowest BCUT2D eigenvalue weighted by Crippen LogP contribution is -2.14. The van der Waals surface area contributed by atoms with Gasteiger partial charge in [-0.15, -0.1) is 0 Å². The van der Waals surface area contributed by atoms with Crippen LogP contribution in [0.4, 0.5) is 21.5 Å². The van der Waals surface area contributed by atoms with Crippen molar-refractivity contribution < 1.29 is 19.0 Å². The van der Waals surface area contributed by atoms with Crippen molar-refractivity contribution in [2.24, 2.45) is 0 Å². The fourth-order valence-electron chi connectivity index (χ4n) is 1.95. The molecule has 0 aliphatic rings. The molecule has 0 radical (unpaired) electrons. The quantitative estimate of drug-likeness (QED) is 0.686. The number of nitrogens with one attached hydrogen (secondary N) is 1. The summed E-state index contributed by atoms with van der Waals surface area (Å²) in [6.45, 7) is 1.32. The Bertz CT molecular complexity index is 805. The molecule has 118 valence electrons. The Labute approximate surface area is 128 Å². The smallest absolute Gasteiger partial charge is 0.279 e. The molecule has 2 rings (SSSR count). The van der Waals surface area contributed by atoms with E-state index in [4.69, 9.17) is 0 Å². The lowest BCUT2D eigenvalue weighted by atomic mass is 10.0. The van der Waals surface area contributed by atoms with E-state index in [0.29, 0.717) is 0 Å². The maximum absolute atomic E-state index is 12.8. The first-order valence-corrected chi connectivity index (χ1v) is 6.30. The molecule has 0 saturated heterocycles. The van der Waals surface area contributed by atoms with Gasteiger partial charge in [0.2, 0.25) is 0 Å². The number of halogens is 1. The second-order valence-electron chi connectivity index (χ2n) is 4.61. The predicted octanol–water partition coefficient (Wildman–Crippen LogP) is 3.20. The van der Waals surface area contributed by atoms with Gasteiger partial charge in [-0.3, -0.25) is 25.0 Å². The van der Waals surface area contributed by atoms with Crippen molar-refractivity contribution in [1.29, 1.82) is 0 Å². The molecule has 0 spiro atoms. The maximum Gasteiger partial charge on any atom is 0.279 e. The third-order valence-electron chi connectivity index (χ3n) is 3.12. The summed E-state index contributed by atoms with van der Waals surface area (Å²) in [4.78, 5) is 32.5. The van der Waals surface area contributed by atoms with Crippen molar-refractivity contribution in [2.75, 3.05) is 5.32 Å². The minimum Gasteiger partial charge on any atom is -0.322 e.